The van der Waals surface area contributed by atoms with Crippen LogP contribution in [0.25, 0.3) is 0 Å². The SMILES string of the molecule is CC1CN(C(=O)c2ccc(CNC(=O)CCCOc3ccc(S(C)(=O)=O)cc3)cc2)CC(C)O1. The predicted molar refractivity (Wildman–Crippen MR) is 128 cm³/mol. The third kappa shape index (κ3) is 7.56. The van der Waals surface area contributed by atoms with Gasteiger partial charge in [-0.15, -0.1) is 0 Å². The van der Waals surface area contributed by atoms with Crippen LogP contribution >= 0.6 is 0 Å². The number of carbonyl (C=O) groups excluding carboxylic acids is 2. The fraction of sp³-hybridized carbons (Fsp3) is 0.440. The minimum absolute atomic E-state index is 0.0106. The van der Waals surface area contributed by atoms with Gasteiger partial charge >= 0.3 is 0 Å². The molecule has 0 radical (unpaired) electrons. The molecule has 2 aromatic carbocycles. The number of nitrogens with zero attached hydrogens (tertiary/aromatic N) is 1. The molecule has 3 rings (SSSR count). The van der Waals surface area contributed by atoms with Crippen LogP contribution in [0.2, 0.25) is 0 Å². The Balaban J connectivity index is 1.37. The second-order valence-electron chi connectivity index (χ2n) is 8.64. The number of benzene rings is 2. The van der Waals surface area contributed by atoms with Crippen LogP contribution in [-0.2, 0) is 25.9 Å². The fourth-order valence-corrected chi connectivity index (χ4v) is 4.42. The minimum atomic E-state index is -3.23. The molecule has 1 fully saturated rings. The second-order valence-corrected chi connectivity index (χ2v) is 10.7. The molecule has 2 aromatic rings. The van der Waals surface area contributed by atoms with Crippen LogP contribution in [0, 0.1) is 0 Å². The Morgan fingerprint density at radius 2 is 1.65 bits per heavy atom. The first-order valence-corrected chi connectivity index (χ1v) is 13.2. The predicted octanol–water partition coefficient (Wildman–Crippen LogP) is 2.81. The highest BCUT2D eigenvalue weighted by Crippen LogP contribution is 2.17. The van der Waals surface area contributed by atoms with Gasteiger partial charge in [0.2, 0.25) is 5.91 Å². The van der Waals surface area contributed by atoms with Gasteiger partial charge in [-0.25, -0.2) is 8.42 Å². The van der Waals surface area contributed by atoms with Crippen LogP contribution in [0.15, 0.2) is 53.4 Å². The van der Waals surface area contributed by atoms with Crippen LogP contribution < -0.4 is 10.1 Å². The topological polar surface area (TPSA) is 102 Å². The van der Waals surface area contributed by atoms with Gasteiger partial charge in [0.05, 0.1) is 23.7 Å². The molecule has 0 aliphatic carbocycles. The van der Waals surface area contributed by atoms with Crippen molar-refractivity contribution in [2.75, 3.05) is 26.0 Å². The van der Waals surface area contributed by atoms with Crippen LogP contribution in [0.4, 0.5) is 0 Å². The van der Waals surface area contributed by atoms with E-state index < -0.39 is 9.84 Å². The van der Waals surface area contributed by atoms with Crippen LogP contribution in [0.5, 0.6) is 5.75 Å². The first kappa shape index (κ1) is 25.7. The summed E-state index contributed by atoms with van der Waals surface area (Å²) >= 11 is 0. The van der Waals surface area contributed by atoms with Crippen molar-refractivity contribution in [3.63, 3.8) is 0 Å². The van der Waals surface area contributed by atoms with Crippen molar-refractivity contribution in [1.29, 1.82) is 0 Å². The van der Waals surface area contributed by atoms with E-state index in [1.807, 2.05) is 30.9 Å². The molecule has 34 heavy (non-hydrogen) atoms. The monoisotopic (exact) mass is 488 g/mol. The highest BCUT2D eigenvalue weighted by atomic mass is 32.2. The van der Waals surface area contributed by atoms with Crippen molar-refractivity contribution >= 4 is 21.7 Å². The lowest BCUT2D eigenvalue weighted by molar-refractivity contribution is -0.121. The van der Waals surface area contributed by atoms with Gasteiger partial charge in [-0.2, -0.15) is 0 Å². The molecule has 2 amide bonds. The minimum Gasteiger partial charge on any atom is -0.494 e. The molecule has 1 N–H and O–H groups in total. The molecule has 1 aliphatic heterocycles. The maximum absolute atomic E-state index is 12.7. The molecular formula is C25H32N2O6S. The zero-order valence-corrected chi connectivity index (χ0v) is 20.6. The van der Waals surface area contributed by atoms with Gasteiger partial charge in [0.1, 0.15) is 5.75 Å². The number of hydrogen-bond acceptors (Lipinski definition) is 6. The maximum Gasteiger partial charge on any atom is 0.254 e. The summed E-state index contributed by atoms with van der Waals surface area (Å²) < 4.78 is 34.2. The van der Waals surface area contributed by atoms with Gasteiger partial charge in [0.15, 0.2) is 9.84 Å². The molecule has 9 heteroatoms. The lowest BCUT2D eigenvalue weighted by atomic mass is 10.1. The number of morpholine rings is 1. The molecular weight excluding hydrogens is 456 g/mol. The summed E-state index contributed by atoms with van der Waals surface area (Å²) in [5.74, 6) is 0.458. The lowest BCUT2D eigenvalue weighted by Crippen LogP contribution is -2.48. The molecule has 1 aliphatic rings. The van der Waals surface area contributed by atoms with E-state index in [-0.39, 0.29) is 28.9 Å². The van der Waals surface area contributed by atoms with Gasteiger partial charge in [0.25, 0.3) is 5.91 Å². The fourth-order valence-electron chi connectivity index (χ4n) is 3.79. The summed E-state index contributed by atoms with van der Waals surface area (Å²) in [4.78, 5) is 26.9. The molecule has 2 atom stereocenters. The highest BCUT2D eigenvalue weighted by molar-refractivity contribution is 7.90. The van der Waals surface area contributed by atoms with Crippen LogP contribution in [0.1, 0.15) is 42.6 Å². The molecule has 2 unspecified atom stereocenters. The third-order valence-corrected chi connectivity index (χ3v) is 6.59. The Morgan fingerprint density at radius 3 is 2.24 bits per heavy atom. The number of carbonyl (C=O) groups is 2. The third-order valence-electron chi connectivity index (χ3n) is 5.47. The summed E-state index contributed by atoms with van der Waals surface area (Å²) in [6.45, 7) is 5.82. The van der Waals surface area contributed by atoms with Crippen molar-refractivity contribution in [3.05, 3.63) is 59.7 Å². The van der Waals surface area contributed by atoms with Gasteiger partial charge in [-0.1, -0.05) is 12.1 Å². The van der Waals surface area contributed by atoms with Crippen LogP contribution in [0.3, 0.4) is 0 Å². The van der Waals surface area contributed by atoms with E-state index in [9.17, 15) is 18.0 Å². The summed E-state index contributed by atoms with van der Waals surface area (Å²) in [6.07, 6.45) is 2.04. The lowest BCUT2D eigenvalue weighted by Gasteiger charge is -2.35. The normalized spacial score (nSPS) is 18.4. The van der Waals surface area contributed by atoms with Gasteiger partial charge in [-0.05, 0) is 62.2 Å². The molecule has 0 aromatic heterocycles. The second kappa shape index (κ2) is 11.5. The summed E-state index contributed by atoms with van der Waals surface area (Å²) in [5, 5.41) is 2.87. The molecule has 8 nitrogen and oxygen atoms in total. The number of hydrogen-bond donors (Lipinski definition) is 1. The zero-order chi connectivity index (χ0) is 24.7. The van der Waals surface area contributed by atoms with Crippen LogP contribution in [-0.4, -0.2) is 63.3 Å². The highest BCUT2D eigenvalue weighted by Gasteiger charge is 2.26. The number of sulfone groups is 1. The van der Waals surface area contributed by atoms with Gasteiger partial charge < -0.3 is 19.7 Å². The molecule has 0 bridgehead atoms. The van der Waals surface area contributed by atoms with E-state index in [0.29, 0.717) is 50.4 Å². The van der Waals surface area contributed by atoms with E-state index in [1.165, 1.54) is 12.1 Å². The molecule has 1 saturated heterocycles. The zero-order valence-electron chi connectivity index (χ0n) is 19.8. The maximum atomic E-state index is 12.7. The summed E-state index contributed by atoms with van der Waals surface area (Å²) in [7, 11) is -3.23. The van der Waals surface area contributed by atoms with Crippen molar-refractivity contribution in [1.82, 2.24) is 10.2 Å². The van der Waals surface area contributed by atoms with E-state index in [4.69, 9.17) is 9.47 Å². The Morgan fingerprint density at radius 1 is 1.03 bits per heavy atom. The smallest absolute Gasteiger partial charge is 0.254 e. The number of amides is 2. The van der Waals surface area contributed by atoms with Gasteiger partial charge in [-0.3, -0.25) is 9.59 Å². The largest absolute Gasteiger partial charge is 0.494 e. The average molecular weight is 489 g/mol. The summed E-state index contributed by atoms with van der Waals surface area (Å²) in [5.41, 5.74) is 1.54. The molecule has 1 heterocycles. The van der Waals surface area contributed by atoms with Crippen molar-refractivity contribution in [2.45, 2.75) is 50.3 Å². The standard InChI is InChI=1S/C25H32N2O6S/c1-18-16-27(17-19(2)33-18)25(29)21-8-6-20(7-9-21)15-26-24(28)5-4-14-32-22-10-12-23(13-11-22)34(3,30)31/h6-13,18-19H,4-5,14-17H2,1-3H3,(H,26,28). The Bertz CT molecular complexity index is 1070. The average Bonchev–Trinajstić information content (AvgIpc) is 2.79. The Kier molecular flexibility index (Phi) is 8.68. The van der Waals surface area contributed by atoms with E-state index in [2.05, 4.69) is 5.32 Å². The number of nitrogens with one attached hydrogen (secondary N) is 1. The quantitative estimate of drug-likeness (QED) is 0.545. The number of rotatable bonds is 9. The van der Waals surface area contributed by atoms with Crippen molar-refractivity contribution in [3.8, 4) is 5.75 Å². The van der Waals surface area contributed by atoms with Crippen molar-refractivity contribution < 1.29 is 27.5 Å². The summed E-state index contributed by atoms with van der Waals surface area (Å²) in [6, 6.07) is 13.5. The first-order valence-electron chi connectivity index (χ1n) is 11.3. The first-order chi connectivity index (χ1) is 16.1. The van der Waals surface area contributed by atoms with Gasteiger partial charge in [0, 0.05) is 37.9 Å². The molecule has 0 saturated carbocycles. The van der Waals surface area contributed by atoms with E-state index in [1.54, 1.807) is 24.3 Å². The molecule has 0 spiro atoms. The number of ether oxygens (including phenoxy) is 2. The Hall–Kier alpha value is -2.91. The molecule has 184 valence electrons. The van der Waals surface area contributed by atoms with E-state index >= 15 is 0 Å². The van der Waals surface area contributed by atoms with Crippen molar-refractivity contribution in [2.24, 2.45) is 0 Å². The Labute approximate surface area is 201 Å². The van der Waals surface area contributed by atoms with E-state index in [0.717, 1.165) is 11.8 Å².